The lowest BCUT2D eigenvalue weighted by Crippen LogP contribution is -2.41. The summed E-state index contributed by atoms with van der Waals surface area (Å²) in [5, 5.41) is 15.3. The van der Waals surface area contributed by atoms with E-state index in [0.29, 0.717) is 12.5 Å². The van der Waals surface area contributed by atoms with Crippen LogP contribution in [0.25, 0.3) is 0 Å². The van der Waals surface area contributed by atoms with Crippen LogP contribution in [-0.2, 0) is 13.6 Å². The van der Waals surface area contributed by atoms with Crippen LogP contribution in [0.15, 0.2) is 35.3 Å². The minimum absolute atomic E-state index is 0. The molecule has 30 heavy (non-hydrogen) atoms. The first-order valence-electron chi connectivity index (χ1n) is 10.7. The number of anilines is 1. The number of hydrogen-bond donors (Lipinski definition) is 2. The van der Waals surface area contributed by atoms with Crippen LogP contribution in [0.4, 0.5) is 5.69 Å². The molecule has 0 fully saturated rings. The molecule has 0 amide bonds. The minimum atomic E-state index is 0. The van der Waals surface area contributed by atoms with Gasteiger partial charge in [-0.3, -0.25) is 0 Å². The first-order valence-corrected chi connectivity index (χ1v) is 10.7. The highest BCUT2D eigenvalue weighted by Gasteiger charge is 2.08. The highest BCUT2D eigenvalue weighted by Crippen LogP contribution is 2.10. The summed E-state index contributed by atoms with van der Waals surface area (Å²) in [5.41, 5.74) is 1.24. The van der Waals surface area contributed by atoms with Gasteiger partial charge in [-0.05, 0) is 31.4 Å². The van der Waals surface area contributed by atoms with Crippen molar-refractivity contribution in [3.63, 3.8) is 0 Å². The number of aryl methyl sites for hydroxylation is 1. The smallest absolute Gasteiger partial charge is 0.191 e. The lowest BCUT2D eigenvalue weighted by atomic mass is 10.0. The molecular weight excluding hydrogens is 489 g/mol. The third-order valence-electron chi connectivity index (χ3n) is 5.43. The third-order valence-corrected chi connectivity index (χ3v) is 5.43. The molecule has 0 aliphatic carbocycles. The Morgan fingerprint density at radius 1 is 1.13 bits per heavy atom. The molecule has 0 radical (unpaired) electrons. The van der Waals surface area contributed by atoms with Crippen molar-refractivity contribution in [2.75, 3.05) is 31.6 Å². The Labute approximate surface area is 198 Å². The fourth-order valence-corrected chi connectivity index (χ4v) is 3.07. The Bertz CT molecular complexity index is 741. The van der Waals surface area contributed by atoms with Gasteiger partial charge >= 0.3 is 0 Å². The zero-order valence-electron chi connectivity index (χ0n) is 19.1. The predicted molar refractivity (Wildman–Crippen MR) is 137 cm³/mol. The normalized spacial score (nSPS) is 11.3. The van der Waals surface area contributed by atoms with Gasteiger partial charge in [0.25, 0.3) is 0 Å². The molecule has 7 nitrogen and oxygen atoms in total. The average molecular weight is 527 g/mol. The van der Waals surface area contributed by atoms with Gasteiger partial charge in [-0.1, -0.05) is 44.9 Å². The van der Waals surface area contributed by atoms with Crippen LogP contribution < -0.4 is 15.5 Å². The Balaban J connectivity index is 0.00000450. The highest BCUT2D eigenvalue weighted by atomic mass is 127. The zero-order valence-corrected chi connectivity index (χ0v) is 21.4. The predicted octanol–water partition coefficient (Wildman–Crippen LogP) is 3.74. The fourth-order valence-electron chi connectivity index (χ4n) is 3.07. The maximum absolute atomic E-state index is 4.74. The number of nitrogens with one attached hydrogen (secondary N) is 2. The monoisotopic (exact) mass is 527 g/mol. The minimum Gasteiger partial charge on any atom is -0.375 e. The molecule has 2 N–H and O–H groups in total. The molecule has 1 heterocycles. The molecule has 0 atom stereocenters. The number of hydrogen-bond acceptors (Lipinski definition) is 4. The number of nitrogens with zero attached hydrogens (tertiary/aromatic N) is 5. The van der Waals surface area contributed by atoms with Crippen molar-refractivity contribution in [1.82, 2.24) is 25.4 Å². The summed E-state index contributed by atoms with van der Waals surface area (Å²) in [6, 6.07) is 10.5. The van der Waals surface area contributed by atoms with Crippen LogP contribution in [0.3, 0.4) is 0 Å². The van der Waals surface area contributed by atoms with Gasteiger partial charge in [0.05, 0.1) is 0 Å². The van der Waals surface area contributed by atoms with Crippen molar-refractivity contribution in [1.29, 1.82) is 0 Å². The fraction of sp³-hybridized carbons (Fsp3) is 0.591. The van der Waals surface area contributed by atoms with Crippen molar-refractivity contribution in [2.45, 2.75) is 46.6 Å². The molecule has 2 rings (SSSR count). The maximum atomic E-state index is 4.74. The molecule has 1 aromatic heterocycles. The number of guanidine groups is 1. The summed E-state index contributed by atoms with van der Waals surface area (Å²) in [5.74, 6) is 3.27. The van der Waals surface area contributed by atoms with Gasteiger partial charge in [0.2, 0.25) is 0 Å². The van der Waals surface area contributed by atoms with Gasteiger partial charge in [-0.25, -0.2) is 4.99 Å². The van der Waals surface area contributed by atoms with E-state index in [-0.39, 0.29) is 24.0 Å². The number of rotatable bonds is 11. The number of para-hydroxylation sites is 1. The molecule has 2 aromatic rings. The van der Waals surface area contributed by atoms with E-state index in [4.69, 9.17) is 4.99 Å². The van der Waals surface area contributed by atoms with Gasteiger partial charge in [-0.15, -0.1) is 34.2 Å². The highest BCUT2D eigenvalue weighted by molar-refractivity contribution is 14.0. The largest absolute Gasteiger partial charge is 0.375 e. The molecule has 168 valence electrons. The van der Waals surface area contributed by atoms with Crippen molar-refractivity contribution in [3.05, 3.63) is 42.0 Å². The molecular formula is C22H38IN7. The Morgan fingerprint density at radius 2 is 1.83 bits per heavy atom. The topological polar surface area (TPSA) is 70.4 Å². The van der Waals surface area contributed by atoms with E-state index in [9.17, 15) is 0 Å². The van der Waals surface area contributed by atoms with Crippen LogP contribution in [0.1, 0.15) is 44.8 Å². The van der Waals surface area contributed by atoms with Gasteiger partial charge in [-0.2, -0.15) is 0 Å². The van der Waals surface area contributed by atoms with Crippen molar-refractivity contribution < 1.29 is 0 Å². The summed E-state index contributed by atoms with van der Waals surface area (Å²) >= 11 is 0. The first-order chi connectivity index (χ1) is 14.0. The van der Waals surface area contributed by atoms with Gasteiger partial charge in [0.15, 0.2) is 11.8 Å². The first kappa shape index (κ1) is 26.2. The zero-order chi connectivity index (χ0) is 21.1. The van der Waals surface area contributed by atoms with E-state index in [2.05, 4.69) is 70.9 Å². The standard InChI is InChI=1S/C22H37N7.HI/c1-6-19(7-2)16-24-22(25-17-21-27-26-18(3)29(21)5)23-14-11-15-28(4)20-12-9-8-10-13-20;/h8-10,12-13,19H,6-7,11,14-17H2,1-5H3,(H2,23,24,25);1H. The van der Waals surface area contributed by atoms with E-state index in [1.54, 1.807) is 0 Å². The van der Waals surface area contributed by atoms with E-state index in [1.165, 1.54) is 18.5 Å². The Kier molecular flexibility index (Phi) is 12.4. The summed E-state index contributed by atoms with van der Waals surface area (Å²) in [4.78, 5) is 7.02. The van der Waals surface area contributed by atoms with E-state index in [0.717, 1.165) is 43.7 Å². The van der Waals surface area contributed by atoms with Crippen LogP contribution >= 0.6 is 24.0 Å². The molecule has 0 aliphatic rings. The van der Waals surface area contributed by atoms with Crippen molar-refractivity contribution >= 4 is 35.6 Å². The van der Waals surface area contributed by atoms with Crippen LogP contribution in [0, 0.1) is 12.8 Å². The molecule has 0 saturated heterocycles. The number of benzene rings is 1. The molecule has 8 heteroatoms. The number of aromatic nitrogens is 3. The average Bonchev–Trinajstić information content (AvgIpc) is 3.07. The lowest BCUT2D eigenvalue weighted by Gasteiger charge is -2.20. The van der Waals surface area contributed by atoms with E-state index < -0.39 is 0 Å². The Morgan fingerprint density at radius 3 is 2.43 bits per heavy atom. The van der Waals surface area contributed by atoms with Crippen molar-refractivity contribution in [2.24, 2.45) is 18.0 Å². The van der Waals surface area contributed by atoms with E-state index in [1.807, 2.05) is 24.6 Å². The number of halogens is 1. The molecule has 0 saturated carbocycles. The van der Waals surface area contributed by atoms with Crippen LogP contribution in [0.2, 0.25) is 0 Å². The van der Waals surface area contributed by atoms with Gasteiger partial charge in [0, 0.05) is 39.4 Å². The lowest BCUT2D eigenvalue weighted by molar-refractivity contribution is 0.481. The second kappa shape index (κ2) is 14.2. The molecule has 0 aliphatic heterocycles. The van der Waals surface area contributed by atoms with E-state index >= 15 is 0 Å². The second-order valence-electron chi connectivity index (χ2n) is 7.49. The molecule has 0 bridgehead atoms. The SMILES string of the molecule is CCC(CC)CNC(=NCc1nnc(C)n1C)NCCCN(C)c1ccccc1.I. The molecule has 1 aromatic carbocycles. The third kappa shape index (κ3) is 8.49. The van der Waals surface area contributed by atoms with Crippen LogP contribution in [0.5, 0.6) is 0 Å². The van der Waals surface area contributed by atoms with Gasteiger partial charge < -0.3 is 20.1 Å². The van der Waals surface area contributed by atoms with Crippen molar-refractivity contribution in [3.8, 4) is 0 Å². The summed E-state index contributed by atoms with van der Waals surface area (Å²) in [7, 11) is 4.11. The molecule has 0 unspecified atom stereocenters. The van der Waals surface area contributed by atoms with Gasteiger partial charge in [0.1, 0.15) is 12.4 Å². The molecule has 0 spiro atoms. The quantitative estimate of drug-likeness (QED) is 0.202. The summed E-state index contributed by atoms with van der Waals surface area (Å²) in [6.45, 7) is 9.72. The summed E-state index contributed by atoms with van der Waals surface area (Å²) < 4.78 is 1.98. The Hall–Kier alpha value is -1.84. The number of aliphatic imine (C=N–C) groups is 1. The second-order valence-corrected chi connectivity index (χ2v) is 7.49. The summed E-state index contributed by atoms with van der Waals surface area (Å²) in [6.07, 6.45) is 3.36. The maximum Gasteiger partial charge on any atom is 0.191 e. The van der Waals surface area contributed by atoms with Crippen LogP contribution in [-0.4, -0.2) is 47.4 Å².